The van der Waals surface area contributed by atoms with Gasteiger partial charge < -0.3 is 4.90 Å². The van der Waals surface area contributed by atoms with Crippen LogP contribution in [0.1, 0.15) is 37.3 Å². The molecule has 1 aliphatic rings. The van der Waals surface area contributed by atoms with Crippen LogP contribution < -0.4 is 4.90 Å². The van der Waals surface area contributed by atoms with Crippen molar-refractivity contribution in [2.75, 3.05) is 11.9 Å². The molecule has 0 fully saturated rings. The minimum atomic E-state index is 0.205. The lowest BCUT2D eigenvalue weighted by Gasteiger charge is -2.26. The van der Waals surface area contributed by atoms with Crippen LogP contribution in [0.15, 0.2) is 42.5 Å². The van der Waals surface area contributed by atoms with Gasteiger partial charge in [0.25, 0.3) is 0 Å². The number of fused-ring (bicyclic) bond motifs is 1. The van der Waals surface area contributed by atoms with Gasteiger partial charge >= 0.3 is 0 Å². The van der Waals surface area contributed by atoms with Gasteiger partial charge in [-0.05, 0) is 46.7 Å². The molecule has 0 bridgehead atoms. The van der Waals surface area contributed by atoms with E-state index in [0.29, 0.717) is 12.3 Å². The van der Waals surface area contributed by atoms with Crippen LogP contribution in [0.4, 0.5) is 5.69 Å². The Hall–Kier alpha value is -2.09. The van der Waals surface area contributed by atoms with Crippen molar-refractivity contribution in [2.24, 2.45) is 0 Å². The molecule has 2 heteroatoms. The first kappa shape index (κ1) is 13.9. The first-order valence-corrected chi connectivity index (χ1v) is 7.56. The van der Waals surface area contributed by atoms with Gasteiger partial charge in [0.15, 0.2) is 0 Å². The highest BCUT2D eigenvalue weighted by Crippen LogP contribution is 2.31. The summed E-state index contributed by atoms with van der Waals surface area (Å²) in [6.45, 7) is 4.42. The Morgan fingerprint density at radius 3 is 2.29 bits per heavy atom. The SMILES string of the molecule is CC(C)c1ccc(-c2ccc3c(c2)CCC(=O)N3C)cc1. The first-order valence-electron chi connectivity index (χ1n) is 7.56. The van der Waals surface area contributed by atoms with Gasteiger partial charge in [0.05, 0.1) is 0 Å². The van der Waals surface area contributed by atoms with E-state index in [9.17, 15) is 4.79 Å². The molecule has 21 heavy (non-hydrogen) atoms. The van der Waals surface area contributed by atoms with Crippen LogP contribution >= 0.6 is 0 Å². The van der Waals surface area contributed by atoms with Crippen LogP contribution in [0.25, 0.3) is 11.1 Å². The molecule has 2 aromatic rings. The third-order valence-electron chi connectivity index (χ3n) is 4.33. The molecule has 1 heterocycles. The van der Waals surface area contributed by atoms with Gasteiger partial charge in [-0.2, -0.15) is 0 Å². The lowest BCUT2D eigenvalue weighted by Crippen LogP contribution is -2.30. The number of rotatable bonds is 2. The van der Waals surface area contributed by atoms with Crippen molar-refractivity contribution in [1.82, 2.24) is 0 Å². The second-order valence-electron chi connectivity index (χ2n) is 6.07. The van der Waals surface area contributed by atoms with E-state index in [1.165, 1.54) is 22.3 Å². The molecule has 1 aliphatic heterocycles. The van der Waals surface area contributed by atoms with E-state index < -0.39 is 0 Å². The minimum Gasteiger partial charge on any atom is -0.315 e. The van der Waals surface area contributed by atoms with Crippen LogP contribution in [0.5, 0.6) is 0 Å². The van der Waals surface area contributed by atoms with Crippen molar-refractivity contribution in [3.8, 4) is 11.1 Å². The van der Waals surface area contributed by atoms with Gasteiger partial charge in [-0.1, -0.05) is 44.2 Å². The van der Waals surface area contributed by atoms with Gasteiger partial charge in [-0.3, -0.25) is 4.79 Å². The van der Waals surface area contributed by atoms with E-state index in [0.717, 1.165) is 12.1 Å². The molecule has 3 rings (SSSR count). The zero-order valence-electron chi connectivity index (χ0n) is 12.9. The van der Waals surface area contributed by atoms with Gasteiger partial charge in [0, 0.05) is 19.2 Å². The molecule has 0 saturated carbocycles. The first-order chi connectivity index (χ1) is 10.1. The number of carbonyl (C=O) groups excluding carboxylic acids is 1. The number of aryl methyl sites for hydroxylation is 1. The summed E-state index contributed by atoms with van der Waals surface area (Å²) in [6, 6.07) is 15.2. The second-order valence-corrected chi connectivity index (χ2v) is 6.07. The molecule has 108 valence electrons. The Labute approximate surface area is 126 Å². The lowest BCUT2D eigenvalue weighted by molar-refractivity contribution is -0.118. The number of carbonyl (C=O) groups is 1. The van der Waals surface area contributed by atoms with Crippen molar-refractivity contribution in [1.29, 1.82) is 0 Å². The normalized spacial score (nSPS) is 14.5. The Morgan fingerprint density at radius 1 is 0.952 bits per heavy atom. The van der Waals surface area contributed by atoms with E-state index in [1.54, 1.807) is 4.90 Å². The second kappa shape index (κ2) is 5.36. The summed E-state index contributed by atoms with van der Waals surface area (Å²) in [5.41, 5.74) is 6.15. The average molecular weight is 279 g/mol. The Morgan fingerprint density at radius 2 is 1.62 bits per heavy atom. The quantitative estimate of drug-likeness (QED) is 0.798. The molecular weight excluding hydrogens is 258 g/mol. The van der Waals surface area contributed by atoms with Crippen molar-refractivity contribution >= 4 is 11.6 Å². The molecule has 0 aromatic heterocycles. The number of hydrogen-bond donors (Lipinski definition) is 0. The van der Waals surface area contributed by atoms with Gasteiger partial charge in [-0.25, -0.2) is 0 Å². The highest BCUT2D eigenvalue weighted by Gasteiger charge is 2.20. The van der Waals surface area contributed by atoms with Crippen molar-refractivity contribution in [2.45, 2.75) is 32.6 Å². The number of hydrogen-bond acceptors (Lipinski definition) is 1. The average Bonchev–Trinajstić information content (AvgIpc) is 2.51. The largest absolute Gasteiger partial charge is 0.315 e. The Balaban J connectivity index is 1.95. The number of benzene rings is 2. The Bertz CT molecular complexity index is 670. The van der Waals surface area contributed by atoms with Crippen molar-refractivity contribution in [3.05, 3.63) is 53.6 Å². The predicted octanol–water partition coefficient (Wildman–Crippen LogP) is 4.39. The van der Waals surface area contributed by atoms with Gasteiger partial charge in [-0.15, -0.1) is 0 Å². The summed E-state index contributed by atoms with van der Waals surface area (Å²) in [7, 11) is 1.86. The molecule has 1 amide bonds. The molecule has 0 N–H and O–H groups in total. The van der Waals surface area contributed by atoms with Gasteiger partial charge in [0.2, 0.25) is 5.91 Å². The predicted molar refractivity (Wildman–Crippen MR) is 87.7 cm³/mol. The molecule has 2 nitrogen and oxygen atoms in total. The minimum absolute atomic E-state index is 0.205. The summed E-state index contributed by atoms with van der Waals surface area (Å²) in [5, 5.41) is 0. The van der Waals surface area contributed by atoms with E-state index in [2.05, 4.69) is 56.3 Å². The van der Waals surface area contributed by atoms with E-state index >= 15 is 0 Å². The molecule has 0 spiro atoms. The summed E-state index contributed by atoms with van der Waals surface area (Å²) < 4.78 is 0. The molecule has 0 aliphatic carbocycles. The molecule has 0 atom stereocenters. The summed E-state index contributed by atoms with van der Waals surface area (Å²) in [4.78, 5) is 13.5. The fraction of sp³-hybridized carbons (Fsp3) is 0.316. The van der Waals surface area contributed by atoms with Crippen LogP contribution in [0, 0.1) is 0 Å². The van der Waals surface area contributed by atoms with E-state index in [4.69, 9.17) is 0 Å². The van der Waals surface area contributed by atoms with Crippen LogP contribution in [-0.4, -0.2) is 13.0 Å². The zero-order valence-corrected chi connectivity index (χ0v) is 12.9. The van der Waals surface area contributed by atoms with Crippen molar-refractivity contribution in [3.63, 3.8) is 0 Å². The van der Waals surface area contributed by atoms with Crippen molar-refractivity contribution < 1.29 is 4.79 Å². The van der Waals surface area contributed by atoms with E-state index in [1.807, 2.05) is 7.05 Å². The lowest BCUT2D eigenvalue weighted by atomic mass is 9.94. The van der Waals surface area contributed by atoms with Crippen LogP contribution in [-0.2, 0) is 11.2 Å². The summed E-state index contributed by atoms with van der Waals surface area (Å²) in [6.07, 6.45) is 1.45. The summed E-state index contributed by atoms with van der Waals surface area (Å²) in [5.74, 6) is 0.763. The third kappa shape index (κ3) is 2.58. The maximum absolute atomic E-state index is 11.7. The number of anilines is 1. The topological polar surface area (TPSA) is 20.3 Å². The fourth-order valence-corrected chi connectivity index (χ4v) is 2.90. The summed E-state index contributed by atoms with van der Waals surface area (Å²) >= 11 is 0. The third-order valence-corrected chi connectivity index (χ3v) is 4.33. The maximum atomic E-state index is 11.7. The molecule has 0 unspecified atom stereocenters. The van der Waals surface area contributed by atoms with Gasteiger partial charge in [0.1, 0.15) is 0 Å². The van der Waals surface area contributed by atoms with Crippen LogP contribution in [0.2, 0.25) is 0 Å². The molecule has 2 aromatic carbocycles. The van der Waals surface area contributed by atoms with E-state index in [-0.39, 0.29) is 5.91 Å². The highest BCUT2D eigenvalue weighted by molar-refractivity contribution is 5.96. The smallest absolute Gasteiger partial charge is 0.227 e. The Kier molecular flexibility index (Phi) is 3.54. The fourth-order valence-electron chi connectivity index (χ4n) is 2.90. The standard InChI is InChI=1S/C19H21NO/c1-13(2)14-4-6-15(7-5-14)16-8-10-18-17(12-16)9-11-19(21)20(18)3/h4-8,10,12-13H,9,11H2,1-3H3. The zero-order chi connectivity index (χ0) is 15.0. The maximum Gasteiger partial charge on any atom is 0.227 e. The number of amides is 1. The number of nitrogens with zero attached hydrogens (tertiary/aromatic N) is 1. The van der Waals surface area contributed by atoms with Crippen LogP contribution in [0.3, 0.4) is 0 Å². The monoisotopic (exact) mass is 279 g/mol. The highest BCUT2D eigenvalue weighted by atomic mass is 16.2. The molecule has 0 saturated heterocycles. The molecule has 0 radical (unpaired) electrons. The molecular formula is C19H21NO.